The largest absolute Gasteiger partial charge is 0.385 e. The molecule has 0 unspecified atom stereocenters. The molecule has 0 spiro atoms. The molecule has 0 heterocycles. The molecular formula is C49H67ClN4O4. The number of aryl methyl sites for hydroxylation is 4. The fourth-order valence-corrected chi connectivity index (χ4v) is 7.64. The number of rotatable bonds is 24. The monoisotopic (exact) mass is 810 g/mol. The van der Waals surface area contributed by atoms with Crippen molar-refractivity contribution < 1.29 is 28.5 Å². The first kappa shape index (κ1) is 46.4. The number of unbranched alkanes of at least 4 members (excludes halogenated alkanes) is 4. The molecule has 9 heteroatoms. The van der Waals surface area contributed by atoms with Gasteiger partial charge in [0.1, 0.15) is 0 Å². The second-order valence-electron chi connectivity index (χ2n) is 15.4. The van der Waals surface area contributed by atoms with Crippen molar-refractivity contribution in [3.63, 3.8) is 0 Å². The molecule has 58 heavy (non-hydrogen) atoms. The maximum Gasteiger partial charge on any atom is 0.296 e. The highest BCUT2D eigenvalue weighted by atomic mass is 35.7. The Hall–Kier alpha value is -4.31. The van der Waals surface area contributed by atoms with Gasteiger partial charge in [0.05, 0.1) is 14.5 Å². The second kappa shape index (κ2) is 22.7. The molecule has 0 aliphatic rings. The smallest absolute Gasteiger partial charge is 0.296 e. The summed E-state index contributed by atoms with van der Waals surface area (Å²) >= 11 is 0. The first-order valence-electron chi connectivity index (χ1n) is 21.3. The first-order chi connectivity index (χ1) is 27.8. The van der Waals surface area contributed by atoms with Gasteiger partial charge in [-0.05, 0) is 112 Å². The zero-order valence-corrected chi connectivity index (χ0v) is 36.9. The molecule has 0 atom stereocenters. The van der Waals surface area contributed by atoms with Gasteiger partial charge in [-0.1, -0.05) is 114 Å². The molecule has 0 saturated carbocycles. The quantitative estimate of drug-likeness (QED) is 0.0407. The fraction of sp³-hybridized carbons (Fsp3) is 0.429. The van der Waals surface area contributed by atoms with Crippen LogP contribution in [0.4, 0.5) is 22.7 Å². The highest BCUT2D eigenvalue weighted by molar-refractivity contribution is 5.92. The van der Waals surface area contributed by atoms with Crippen LogP contribution in [0, 0.1) is 37.9 Å². The van der Waals surface area contributed by atoms with Gasteiger partial charge in [-0.3, -0.25) is 0 Å². The van der Waals surface area contributed by atoms with E-state index in [1.54, 1.807) is 6.08 Å². The van der Waals surface area contributed by atoms with Crippen LogP contribution in [-0.2, 0) is 9.89 Å². The molecule has 4 aromatic carbocycles. The fourth-order valence-electron chi connectivity index (χ4n) is 7.12. The van der Waals surface area contributed by atoms with Gasteiger partial charge in [0, 0.05) is 71.2 Å². The van der Waals surface area contributed by atoms with E-state index in [0.717, 1.165) is 115 Å². The predicted molar refractivity (Wildman–Crippen MR) is 236 cm³/mol. The van der Waals surface area contributed by atoms with Gasteiger partial charge in [-0.15, -0.1) is 0 Å². The Morgan fingerprint density at radius 1 is 0.534 bits per heavy atom. The molecule has 4 N–H and O–H groups in total. The van der Waals surface area contributed by atoms with E-state index in [4.69, 9.17) is 4.29 Å². The van der Waals surface area contributed by atoms with Crippen molar-refractivity contribution in [2.24, 2.45) is 0 Å². The molecule has 0 amide bonds. The van der Waals surface area contributed by atoms with Crippen molar-refractivity contribution in [1.29, 1.82) is 0 Å². The standard InChI is InChI=1S/C49H67ClN4O4/c1-9-13-28-51-45-32-36(5)19-23-41(45)40(42-24-20-37(6)33-46(42)52-29-14-10-2)18-17-27-49(58-50(55,56)57,43-25-21-38(7)34-47(43)53-30-15-11-3)44-26-22-39(8)35-48(44)54-31-16-12-4/h17-27,32-35,51-54H,9-16,28-31H2,1-8H3. The van der Waals surface area contributed by atoms with Crippen molar-refractivity contribution in [2.75, 3.05) is 47.4 Å². The van der Waals surface area contributed by atoms with Gasteiger partial charge in [0.25, 0.3) is 5.60 Å². The molecule has 314 valence electrons. The average molecular weight is 812 g/mol. The second-order valence-corrected chi connectivity index (χ2v) is 16.4. The highest BCUT2D eigenvalue weighted by Gasteiger charge is 2.50. The maximum atomic E-state index is 13.1. The topological polar surface area (TPSA) is 127 Å². The number of benzene rings is 4. The lowest BCUT2D eigenvalue weighted by Gasteiger charge is -2.32. The zero-order chi connectivity index (χ0) is 42.1. The number of halogens is 1. The minimum Gasteiger partial charge on any atom is -0.385 e. The van der Waals surface area contributed by atoms with Crippen LogP contribution in [0.2, 0.25) is 0 Å². The summed E-state index contributed by atoms with van der Waals surface area (Å²) in [7, 11) is -4.94. The lowest BCUT2D eigenvalue weighted by molar-refractivity contribution is -1.92. The Bertz CT molecular complexity index is 1850. The molecule has 0 fully saturated rings. The molecule has 4 rings (SSSR count). The van der Waals surface area contributed by atoms with E-state index in [1.165, 1.54) is 0 Å². The highest BCUT2D eigenvalue weighted by Crippen LogP contribution is 2.45. The predicted octanol–water partition coefficient (Wildman–Crippen LogP) is 9.61. The Kier molecular flexibility index (Phi) is 18.2. The van der Waals surface area contributed by atoms with Gasteiger partial charge in [-0.2, -0.15) is 14.0 Å². The van der Waals surface area contributed by atoms with Gasteiger partial charge < -0.3 is 21.3 Å². The summed E-state index contributed by atoms with van der Waals surface area (Å²) in [5.74, 6) is 0. The molecule has 4 aromatic rings. The average Bonchev–Trinajstić information content (AvgIpc) is 3.17. The van der Waals surface area contributed by atoms with E-state index in [0.29, 0.717) is 35.6 Å². The minimum absolute atomic E-state index is 0.518. The summed E-state index contributed by atoms with van der Waals surface area (Å²) in [5.41, 5.74) is 9.78. The molecule has 0 aliphatic carbocycles. The molecule has 8 nitrogen and oxygen atoms in total. The van der Waals surface area contributed by atoms with Gasteiger partial charge in [0.15, 0.2) is 0 Å². The number of allylic oxidation sites excluding steroid dienone is 2. The number of anilines is 4. The Morgan fingerprint density at radius 2 is 0.879 bits per heavy atom. The minimum atomic E-state index is -4.94. The van der Waals surface area contributed by atoms with Crippen LogP contribution >= 0.6 is 0 Å². The zero-order valence-electron chi connectivity index (χ0n) is 36.2. The summed E-state index contributed by atoms with van der Waals surface area (Å²) < 4.78 is 45.2. The van der Waals surface area contributed by atoms with Crippen LogP contribution in [0.5, 0.6) is 0 Å². The molecule has 0 aromatic heterocycles. The van der Waals surface area contributed by atoms with Gasteiger partial charge >= 0.3 is 0 Å². The Balaban J connectivity index is 2.11. The van der Waals surface area contributed by atoms with Crippen molar-refractivity contribution in [2.45, 2.75) is 112 Å². The summed E-state index contributed by atoms with van der Waals surface area (Å²) in [6.07, 6.45) is 13.6. The summed E-state index contributed by atoms with van der Waals surface area (Å²) in [4.78, 5) is 0. The molecule has 0 aliphatic heterocycles. The van der Waals surface area contributed by atoms with E-state index in [1.807, 2.05) is 62.4 Å². The third-order valence-corrected chi connectivity index (χ3v) is 10.7. The summed E-state index contributed by atoms with van der Waals surface area (Å²) in [6, 6.07) is 24.5. The summed E-state index contributed by atoms with van der Waals surface area (Å²) in [6.45, 7) is 19.8. The number of nitrogens with one attached hydrogen (secondary N) is 4. The maximum absolute atomic E-state index is 13.1. The third-order valence-electron chi connectivity index (χ3n) is 10.3. The Morgan fingerprint density at radius 3 is 1.24 bits per heavy atom. The normalized spacial score (nSPS) is 11.8. The van der Waals surface area contributed by atoms with Crippen molar-refractivity contribution in [3.05, 3.63) is 136 Å². The van der Waals surface area contributed by atoms with E-state index in [2.05, 4.69) is 99.2 Å². The Labute approximate surface area is 351 Å². The van der Waals surface area contributed by atoms with Crippen LogP contribution in [0.25, 0.3) is 5.57 Å². The lowest BCUT2D eigenvalue weighted by Crippen LogP contribution is -2.64. The third kappa shape index (κ3) is 13.1. The number of hydrogen-bond donors (Lipinski definition) is 4. The van der Waals surface area contributed by atoms with Crippen LogP contribution in [-0.4, -0.2) is 26.2 Å². The van der Waals surface area contributed by atoms with E-state index >= 15 is 0 Å². The van der Waals surface area contributed by atoms with E-state index in [-0.39, 0.29) is 0 Å². The molecule has 0 radical (unpaired) electrons. The van der Waals surface area contributed by atoms with Gasteiger partial charge in [0.2, 0.25) is 0 Å². The van der Waals surface area contributed by atoms with Crippen LogP contribution in [0.15, 0.2) is 91.0 Å². The van der Waals surface area contributed by atoms with E-state index in [9.17, 15) is 14.0 Å². The van der Waals surface area contributed by atoms with Gasteiger partial charge in [-0.25, -0.2) is 0 Å². The first-order valence-corrected chi connectivity index (χ1v) is 22.5. The molecule has 0 bridgehead atoms. The summed E-state index contributed by atoms with van der Waals surface area (Å²) in [5, 5.41) is 14.5. The lowest BCUT2D eigenvalue weighted by atomic mass is 9.82. The SMILES string of the molecule is CCCCNc1cc(C)ccc1C(=CC=CC(O[Cl+3]([O-])([O-])[O-])(c1ccc(C)cc1NCCCC)c1ccc(C)cc1NCCCC)c1ccc(C)cc1NCCCC. The van der Waals surface area contributed by atoms with Crippen LogP contribution in [0.1, 0.15) is 124 Å². The molecular weight excluding hydrogens is 744 g/mol. The number of hydrogen-bond acceptors (Lipinski definition) is 8. The van der Waals surface area contributed by atoms with Crippen molar-refractivity contribution in [3.8, 4) is 0 Å². The van der Waals surface area contributed by atoms with Crippen molar-refractivity contribution in [1.82, 2.24) is 0 Å². The van der Waals surface area contributed by atoms with Crippen LogP contribution in [0.3, 0.4) is 0 Å². The van der Waals surface area contributed by atoms with Crippen molar-refractivity contribution >= 4 is 28.3 Å². The molecule has 0 saturated heterocycles. The van der Waals surface area contributed by atoms with Crippen LogP contribution < -0.4 is 35.2 Å². The van der Waals surface area contributed by atoms with E-state index < -0.39 is 15.8 Å².